The summed E-state index contributed by atoms with van der Waals surface area (Å²) in [5.74, 6) is -0.150. The minimum atomic E-state index is -0.266. The normalized spacial score (nSPS) is 22.3. The molecule has 2 aromatic carbocycles. The Balaban J connectivity index is 0.00000196. The Morgan fingerprint density at radius 2 is 1.85 bits per heavy atom. The van der Waals surface area contributed by atoms with Crippen LogP contribution in [0.25, 0.3) is 0 Å². The van der Waals surface area contributed by atoms with Crippen molar-refractivity contribution in [3.05, 3.63) is 71.0 Å². The first-order valence-corrected chi connectivity index (χ1v) is 8.67. The highest BCUT2D eigenvalue weighted by Crippen LogP contribution is 2.24. The summed E-state index contributed by atoms with van der Waals surface area (Å²) >= 11 is 0. The lowest BCUT2D eigenvalue weighted by molar-refractivity contribution is -0.141. The summed E-state index contributed by atoms with van der Waals surface area (Å²) in [5.41, 5.74) is 3.40. The van der Waals surface area contributed by atoms with Gasteiger partial charge in [0.25, 0.3) is 0 Å². The maximum atomic E-state index is 13.1. The van der Waals surface area contributed by atoms with E-state index in [0.29, 0.717) is 26.1 Å². The van der Waals surface area contributed by atoms with Gasteiger partial charge >= 0.3 is 0 Å². The molecule has 4 nitrogen and oxygen atoms in total. The average Bonchev–Trinajstić information content (AvgIpc) is 2.68. The Hall–Kier alpha value is -1.95. The summed E-state index contributed by atoms with van der Waals surface area (Å²) in [6.07, 6.45) is 0.516. The van der Waals surface area contributed by atoms with Gasteiger partial charge < -0.3 is 15.0 Å². The number of ether oxygens (including phenoxy) is 1. The standard InChI is InChI=1S/C20H21FN2O2.ClH/c21-17-7-5-14(6-8-17)19-13-23(9-10-25-19)20(24)18-11-15-3-1-2-4-16(15)12-22-18;/h1-8,18-19,22H,9-13H2;1H. The van der Waals surface area contributed by atoms with Gasteiger partial charge in [0.05, 0.1) is 19.2 Å². The van der Waals surface area contributed by atoms with Gasteiger partial charge in [0.2, 0.25) is 5.91 Å². The van der Waals surface area contributed by atoms with E-state index in [2.05, 4.69) is 17.4 Å². The maximum Gasteiger partial charge on any atom is 0.240 e. The van der Waals surface area contributed by atoms with Gasteiger partial charge in [-0.1, -0.05) is 36.4 Å². The molecular formula is C20H22ClFN2O2. The van der Waals surface area contributed by atoms with Crippen molar-refractivity contribution < 1.29 is 13.9 Å². The van der Waals surface area contributed by atoms with E-state index < -0.39 is 0 Å². The first-order chi connectivity index (χ1) is 12.2. The Labute approximate surface area is 158 Å². The first kappa shape index (κ1) is 18.8. The second-order valence-corrected chi connectivity index (χ2v) is 6.60. The van der Waals surface area contributed by atoms with Crippen LogP contribution in [0.3, 0.4) is 0 Å². The van der Waals surface area contributed by atoms with Crippen LogP contribution in [-0.4, -0.2) is 36.5 Å². The number of nitrogens with zero attached hydrogens (tertiary/aromatic N) is 1. The molecule has 1 saturated heterocycles. The molecule has 0 radical (unpaired) electrons. The lowest BCUT2D eigenvalue weighted by Gasteiger charge is -2.36. The Morgan fingerprint density at radius 3 is 2.62 bits per heavy atom. The number of hydrogen-bond acceptors (Lipinski definition) is 3. The Bertz CT molecular complexity index is 769. The summed E-state index contributed by atoms with van der Waals surface area (Å²) in [6.45, 7) is 2.32. The van der Waals surface area contributed by atoms with Gasteiger partial charge in [0, 0.05) is 13.1 Å². The predicted molar refractivity (Wildman–Crippen MR) is 99.7 cm³/mol. The van der Waals surface area contributed by atoms with Crippen LogP contribution in [0.1, 0.15) is 22.8 Å². The van der Waals surface area contributed by atoms with Crippen LogP contribution in [0, 0.1) is 5.82 Å². The number of benzene rings is 2. The fourth-order valence-corrected chi connectivity index (χ4v) is 3.58. The number of fused-ring (bicyclic) bond motifs is 1. The fraction of sp³-hybridized carbons (Fsp3) is 0.350. The number of hydrogen-bond donors (Lipinski definition) is 1. The quantitative estimate of drug-likeness (QED) is 0.876. The molecule has 1 fully saturated rings. The Morgan fingerprint density at radius 1 is 1.12 bits per heavy atom. The van der Waals surface area contributed by atoms with Crippen LogP contribution in [0.5, 0.6) is 0 Å². The van der Waals surface area contributed by atoms with Gasteiger partial charge in [0.15, 0.2) is 0 Å². The van der Waals surface area contributed by atoms with Gasteiger partial charge in [-0.2, -0.15) is 0 Å². The summed E-state index contributed by atoms with van der Waals surface area (Å²) in [6, 6.07) is 14.4. The van der Waals surface area contributed by atoms with Crippen molar-refractivity contribution in [2.24, 2.45) is 0 Å². The number of carbonyl (C=O) groups excluding carboxylic acids is 1. The van der Waals surface area contributed by atoms with Gasteiger partial charge in [-0.15, -0.1) is 12.4 Å². The maximum absolute atomic E-state index is 13.1. The zero-order chi connectivity index (χ0) is 17.2. The summed E-state index contributed by atoms with van der Waals surface area (Å²) < 4.78 is 18.9. The number of morpholine rings is 1. The van der Waals surface area contributed by atoms with Crippen molar-refractivity contribution in [2.45, 2.75) is 25.1 Å². The zero-order valence-corrected chi connectivity index (χ0v) is 15.2. The molecular weight excluding hydrogens is 355 g/mol. The third kappa shape index (κ3) is 3.90. The zero-order valence-electron chi connectivity index (χ0n) is 14.4. The number of rotatable bonds is 2. The van der Waals surface area contributed by atoms with E-state index in [1.54, 1.807) is 12.1 Å². The molecule has 2 atom stereocenters. The number of carbonyl (C=O) groups is 1. The Kier molecular flexibility index (Phi) is 5.91. The third-order valence-electron chi connectivity index (χ3n) is 5.00. The van der Waals surface area contributed by atoms with Crippen molar-refractivity contribution in [2.75, 3.05) is 19.7 Å². The molecule has 4 rings (SSSR count). The molecule has 2 aromatic rings. The molecule has 0 bridgehead atoms. The average molecular weight is 377 g/mol. The molecule has 1 amide bonds. The molecule has 6 heteroatoms. The molecule has 0 aliphatic carbocycles. The molecule has 2 aliphatic heterocycles. The van der Waals surface area contributed by atoms with E-state index in [0.717, 1.165) is 12.1 Å². The van der Waals surface area contributed by atoms with E-state index in [9.17, 15) is 9.18 Å². The molecule has 26 heavy (non-hydrogen) atoms. The monoisotopic (exact) mass is 376 g/mol. The van der Waals surface area contributed by atoms with Crippen LogP contribution in [-0.2, 0) is 22.5 Å². The van der Waals surface area contributed by atoms with Crippen LogP contribution < -0.4 is 5.32 Å². The lowest BCUT2D eigenvalue weighted by Crippen LogP contribution is -2.52. The van der Waals surface area contributed by atoms with E-state index in [4.69, 9.17) is 4.74 Å². The molecule has 0 aromatic heterocycles. The van der Waals surface area contributed by atoms with Crippen LogP contribution in [0.4, 0.5) is 4.39 Å². The van der Waals surface area contributed by atoms with Gasteiger partial charge in [-0.25, -0.2) is 4.39 Å². The second-order valence-electron chi connectivity index (χ2n) is 6.60. The van der Waals surface area contributed by atoms with Crippen LogP contribution in [0.15, 0.2) is 48.5 Å². The highest BCUT2D eigenvalue weighted by atomic mass is 35.5. The van der Waals surface area contributed by atoms with Gasteiger partial charge in [0.1, 0.15) is 11.9 Å². The van der Waals surface area contributed by atoms with Crippen LogP contribution in [0.2, 0.25) is 0 Å². The summed E-state index contributed by atoms with van der Waals surface area (Å²) in [5, 5.41) is 3.35. The van der Waals surface area contributed by atoms with E-state index in [1.165, 1.54) is 23.3 Å². The van der Waals surface area contributed by atoms with Gasteiger partial charge in [-0.05, 0) is 35.2 Å². The van der Waals surface area contributed by atoms with Crippen molar-refractivity contribution in [1.82, 2.24) is 10.2 Å². The van der Waals surface area contributed by atoms with Crippen molar-refractivity contribution in [3.8, 4) is 0 Å². The molecule has 138 valence electrons. The third-order valence-corrected chi connectivity index (χ3v) is 5.00. The largest absolute Gasteiger partial charge is 0.370 e. The van der Waals surface area contributed by atoms with Crippen LogP contribution >= 0.6 is 12.4 Å². The van der Waals surface area contributed by atoms with Crippen molar-refractivity contribution >= 4 is 18.3 Å². The highest BCUT2D eigenvalue weighted by Gasteiger charge is 2.31. The molecule has 2 unspecified atom stereocenters. The minimum absolute atomic E-state index is 0. The minimum Gasteiger partial charge on any atom is -0.370 e. The number of nitrogens with one attached hydrogen (secondary N) is 1. The van der Waals surface area contributed by atoms with Crippen molar-refractivity contribution in [1.29, 1.82) is 0 Å². The second kappa shape index (κ2) is 8.16. The molecule has 1 N–H and O–H groups in total. The van der Waals surface area contributed by atoms with E-state index in [1.807, 2.05) is 17.0 Å². The first-order valence-electron chi connectivity index (χ1n) is 8.67. The topological polar surface area (TPSA) is 41.6 Å². The van der Waals surface area contributed by atoms with E-state index >= 15 is 0 Å². The smallest absolute Gasteiger partial charge is 0.240 e. The molecule has 2 aliphatic rings. The predicted octanol–water partition coefficient (Wildman–Crippen LogP) is 2.86. The SMILES string of the molecule is Cl.O=C(C1Cc2ccccc2CN1)N1CCOC(c2ccc(F)cc2)C1. The van der Waals surface area contributed by atoms with E-state index in [-0.39, 0.29) is 36.3 Å². The van der Waals surface area contributed by atoms with Crippen molar-refractivity contribution in [3.63, 3.8) is 0 Å². The molecule has 0 saturated carbocycles. The van der Waals surface area contributed by atoms with Gasteiger partial charge in [-0.3, -0.25) is 4.79 Å². The molecule has 2 heterocycles. The number of halogens is 2. The summed E-state index contributed by atoms with van der Waals surface area (Å²) in [4.78, 5) is 14.8. The fourth-order valence-electron chi connectivity index (χ4n) is 3.58. The lowest BCUT2D eigenvalue weighted by atomic mass is 9.95. The molecule has 0 spiro atoms. The number of amides is 1. The highest BCUT2D eigenvalue weighted by molar-refractivity contribution is 5.85. The summed E-state index contributed by atoms with van der Waals surface area (Å²) in [7, 11) is 0.